The van der Waals surface area contributed by atoms with Crippen LogP contribution in [0.25, 0.3) is 11.1 Å². The fourth-order valence-electron chi connectivity index (χ4n) is 1.62. The summed E-state index contributed by atoms with van der Waals surface area (Å²) in [6.45, 7) is 2.31. The van der Waals surface area contributed by atoms with Crippen molar-refractivity contribution in [2.24, 2.45) is 0 Å². The first kappa shape index (κ1) is 14.7. The van der Waals surface area contributed by atoms with E-state index < -0.39 is 12.8 Å². The lowest BCUT2D eigenvalue weighted by Gasteiger charge is -2.13. The van der Waals surface area contributed by atoms with Crippen molar-refractivity contribution in [2.75, 3.05) is 6.61 Å². The molecule has 0 fully saturated rings. The van der Waals surface area contributed by atoms with Gasteiger partial charge >= 0.3 is 6.18 Å². The number of halogens is 4. The zero-order valence-corrected chi connectivity index (χ0v) is 11.0. The zero-order chi connectivity index (χ0) is 14.8. The van der Waals surface area contributed by atoms with Gasteiger partial charge in [0.1, 0.15) is 0 Å². The molecule has 2 nitrogen and oxygen atoms in total. The van der Waals surface area contributed by atoms with Gasteiger partial charge in [0.15, 0.2) is 6.61 Å². The van der Waals surface area contributed by atoms with Crippen LogP contribution in [0, 0.1) is 6.92 Å². The summed E-state index contributed by atoms with van der Waals surface area (Å²) >= 11 is 5.88. The monoisotopic (exact) mass is 300 g/mol. The topological polar surface area (TPSA) is 22.1 Å². The van der Waals surface area contributed by atoms with E-state index in [2.05, 4.69) is 11.9 Å². The van der Waals surface area contributed by atoms with Gasteiger partial charge in [-0.05, 0) is 36.2 Å². The largest absolute Gasteiger partial charge is 0.468 e. The SMILES string of the molecule is [CH2]c1cnc(OCC(F)(F)F)c(-c2cccc(Cl)c2)c1. The molecule has 0 bridgehead atoms. The number of hydrogen-bond donors (Lipinski definition) is 0. The summed E-state index contributed by atoms with van der Waals surface area (Å²) in [5.74, 6) is -0.100. The summed E-state index contributed by atoms with van der Waals surface area (Å²) < 4.78 is 41.4. The Bertz CT molecular complexity index is 614. The van der Waals surface area contributed by atoms with Gasteiger partial charge in [-0.15, -0.1) is 0 Å². The summed E-state index contributed by atoms with van der Waals surface area (Å²) in [7, 11) is 0. The average Bonchev–Trinajstić information content (AvgIpc) is 2.36. The van der Waals surface area contributed by atoms with Crippen LogP contribution in [-0.2, 0) is 0 Å². The molecule has 0 unspecified atom stereocenters. The minimum absolute atomic E-state index is 0.100. The summed E-state index contributed by atoms with van der Waals surface area (Å²) in [4.78, 5) is 3.86. The van der Waals surface area contributed by atoms with Crippen molar-refractivity contribution in [3.63, 3.8) is 0 Å². The second-order valence-electron chi connectivity index (χ2n) is 4.11. The first-order valence-electron chi connectivity index (χ1n) is 5.63. The zero-order valence-electron chi connectivity index (χ0n) is 10.2. The number of aromatic nitrogens is 1. The number of hydrogen-bond acceptors (Lipinski definition) is 2. The summed E-state index contributed by atoms with van der Waals surface area (Å²) in [5, 5.41) is 0.471. The second kappa shape index (κ2) is 5.71. The number of nitrogens with zero attached hydrogens (tertiary/aromatic N) is 1. The maximum absolute atomic E-state index is 12.2. The van der Waals surface area contributed by atoms with Gasteiger partial charge in [-0.25, -0.2) is 4.98 Å². The lowest BCUT2D eigenvalue weighted by molar-refractivity contribution is -0.154. The van der Waals surface area contributed by atoms with Crippen LogP contribution in [0.15, 0.2) is 36.5 Å². The Labute approximate surface area is 119 Å². The molecular weight excluding hydrogens is 291 g/mol. The van der Waals surface area contributed by atoms with Crippen LogP contribution in [0.4, 0.5) is 13.2 Å². The van der Waals surface area contributed by atoms with Crippen LogP contribution >= 0.6 is 11.6 Å². The molecule has 0 N–H and O–H groups in total. The van der Waals surface area contributed by atoms with Gasteiger partial charge in [0.25, 0.3) is 0 Å². The molecule has 0 saturated heterocycles. The van der Waals surface area contributed by atoms with Crippen LogP contribution in [0.5, 0.6) is 5.88 Å². The molecule has 105 valence electrons. The molecule has 2 aromatic rings. The number of alkyl halides is 3. The van der Waals surface area contributed by atoms with Crippen LogP contribution in [0.2, 0.25) is 5.02 Å². The van der Waals surface area contributed by atoms with E-state index >= 15 is 0 Å². The minimum Gasteiger partial charge on any atom is -0.468 e. The highest BCUT2D eigenvalue weighted by Crippen LogP contribution is 2.31. The quantitative estimate of drug-likeness (QED) is 0.831. The standard InChI is InChI=1S/C14H10ClF3NO/c1-9-5-12(10-3-2-4-11(15)6-10)13(19-7-9)20-8-14(16,17)18/h2-7H,1,8H2. The minimum atomic E-state index is -4.42. The molecule has 0 amide bonds. The molecular formula is C14H10ClF3NO. The fourth-order valence-corrected chi connectivity index (χ4v) is 1.81. The van der Waals surface area contributed by atoms with E-state index in [0.717, 1.165) is 0 Å². The van der Waals surface area contributed by atoms with Crippen LogP contribution < -0.4 is 4.74 Å². The molecule has 0 atom stereocenters. The van der Waals surface area contributed by atoms with Crippen LogP contribution in [0.1, 0.15) is 5.56 Å². The van der Waals surface area contributed by atoms with Gasteiger partial charge in [0.2, 0.25) is 5.88 Å². The van der Waals surface area contributed by atoms with E-state index in [-0.39, 0.29) is 5.88 Å². The Kier molecular flexibility index (Phi) is 4.18. The number of pyridine rings is 1. The smallest absolute Gasteiger partial charge is 0.422 e. The summed E-state index contributed by atoms with van der Waals surface area (Å²) in [6.07, 6.45) is -3.07. The molecule has 0 aliphatic carbocycles. The van der Waals surface area contributed by atoms with Gasteiger partial charge in [-0.1, -0.05) is 23.7 Å². The first-order chi connectivity index (χ1) is 9.35. The molecule has 0 aliphatic rings. The second-order valence-corrected chi connectivity index (χ2v) is 4.55. The Morgan fingerprint density at radius 2 is 2.00 bits per heavy atom. The molecule has 20 heavy (non-hydrogen) atoms. The fraction of sp³-hybridized carbons (Fsp3) is 0.143. The first-order valence-corrected chi connectivity index (χ1v) is 6.00. The maximum Gasteiger partial charge on any atom is 0.422 e. The summed E-state index contributed by atoms with van der Waals surface area (Å²) in [5.41, 5.74) is 1.61. The van der Waals surface area contributed by atoms with Gasteiger partial charge in [0, 0.05) is 16.8 Å². The summed E-state index contributed by atoms with van der Waals surface area (Å²) in [6, 6.07) is 8.30. The number of ether oxygens (including phenoxy) is 1. The third-order valence-corrected chi connectivity index (χ3v) is 2.65. The van der Waals surface area contributed by atoms with Gasteiger partial charge in [-0.2, -0.15) is 13.2 Å². The van der Waals surface area contributed by atoms with E-state index in [9.17, 15) is 13.2 Å². The molecule has 0 aliphatic heterocycles. The highest BCUT2D eigenvalue weighted by molar-refractivity contribution is 6.30. The molecule has 2 rings (SSSR count). The lowest BCUT2D eigenvalue weighted by Crippen LogP contribution is -2.20. The Morgan fingerprint density at radius 3 is 2.65 bits per heavy atom. The van der Waals surface area contributed by atoms with Crippen molar-refractivity contribution in [1.82, 2.24) is 4.98 Å². The van der Waals surface area contributed by atoms with E-state index in [1.807, 2.05) is 0 Å². The van der Waals surface area contributed by atoms with Crippen molar-refractivity contribution in [2.45, 2.75) is 6.18 Å². The Balaban J connectivity index is 2.38. The third-order valence-electron chi connectivity index (χ3n) is 2.42. The number of benzene rings is 1. The third kappa shape index (κ3) is 3.87. The predicted octanol–water partition coefficient (Wildman–Crippen LogP) is 4.53. The Morgan fingerprint density at radius 1 is 1.25 bits per heavy atom. The van der Waals surface area contributed by atoms with E-state index in [1.54, 1.807) is 30.3 Å². The van der Waals surface area contributed by atoms with E-state index in [1.165, 1.54) is 6.20 Å². The van der Waals surface area contributed by atoms with Crippen molar-refractivity contribution in [3.05, 3.63) is 54.0 Å². The van der Waals surface area contributed by atoms with Gasteiger partial charge in [-0.3, -0.25) is 0 Å². The predicted molar refractivity (Wildman–Crippen MR) is 70.7 cm³/mol. The normalized spacial score (nSPS) is 11.4. The highest BCUT2D eigenvalue weighted by Gasteiger charge is 2.29. The van der Waals surface area contributed by atoms with Crippen LogP contribution in [0.3, 0.4) is 0 Å². The molecule has 1 aromatic heterocycles. The molecule has 1 aromatic carbocycles. The maximum atomic E-state index is 12.2. The van der Waals surface area contributed by atoms with Gasteiger partial charge < -0.3 is 4.74 Å². The van der Waals surface area contributed by atoms with E-state index in [0.29, 0.717) is 21.7 Å². The van der Waals surface area contributed by atoms with Crippen molar-refractivity contribution >= 4 is 11.6 Å². The molecule has 6 heteroatoms. The Hall–Kier alpha value is -1.75. The number of rotatable bonds is 3. The molecule has 1 radical (unpaired) electrons. The van der Waals surface area contributed by atoms with Crippen LogP contribution in [-0.4, -0.2) is 17.8 Å². The van der Waals surface area contributed by atoms with Crippen molar-refractivity contribution in [3.8, 4) is 17.0 Å². The van der Waals surface area contributed by atoms with Crippen molar-refractivity contribution in [1.29, 1.82) is 0 Å². The van der Waals surface area contributed by atoms with Crippen molar-refractivity contribution < 1.29 is 17.9 Å². The van der Waals surface area contributed by atoms with Gasteiger partial charge in [0.05, 0.1) is 0 Å². The van der Waals surface area contributed by atoms with E-state index in [4.69, 9.17) is 16.3 Å². The molecule has 1 heterocycles. The molecule has 0 spiro atoms. The lowest BCUT2D eigenvalue weighted by atomic mass is 10.1. The highest BCUT2D eigenvalue weighted by atomic mass is 35.5. The molecule has 0 saturated carbocycles. The average molecular weight is 301 g/mol.